The molecule has 9 nitrogen and oxygen atoms in total. The zero-order valence-electron chi connectivity index (χ0n) is 27.1. The van der Waals surface area contributed by atoms with Gasteiger partial charge in [0.2, 0.25) is 11.8 Å². The van der Waals surface area contributed by atoms with Crippen molar-refractivity contribution < 1.29 is 19.2 Å². The molecule has 3 N–H and O–H groups in total. The van der Waals surface area contributed by atoms with Gasteiger partial charge in [0.1, 0.15) is 12.0 Å². The number of primary amides is 1. The molecule has 3 atom stereocenters. The Hall–Kier alpha value is -3.37. The molecule has 0 bridgehead atoms. The van der Waals surface area contributed by atoms with Gasteiger partial charge in [-0.25, -0.2) is 4.98 Å². The van der Waals surface area contributed by atoms with Crippen LogP contribution in [-0.2, 0) is 27.2 Å². The third-order valence-electron chi connectivity index (χ3n) is 7.06. The van der Waals surface area contributed by atoms with Crippen LogP contribution in [0.4, 0.5) is 0 Å². The predicted octanol–water partition coefficient (Wildman–Crippen LogP) is 4.51. The van der Waals surface area contributed by atoms with E-state index in [0.29, 0.717) is 48.9 Å². The molecule has 3 unspecified atom stereocenters. The molecule has 1 heterocycles. The first kappa shape index (κ1) is 37.7. The second-order valence-electron chi connectivity index (χ2n) is 11.7. The number of thiazole rings is 1. The highest BCUT2D eigenvalue weighted by Gasteiger charge is 2.24. The first-order valence-electron chi connectivity index (χ1n) is 14.9. The number of aromatic nitrogens is 1. The number of allylic oxidation sites excluding steroid dienone is 1. The fourth-order valence-corrected chi connectivity index (χ4v) is 5.27. The molecule has 10 heteroatoms. The number of nitrogens with zero attached hydrogens (tertiary/aromatic N) is 3. The first-order chi connectivity index (χ1) is 20.3. The van der Waals surface area contributed by atoms with Crippen LogP contribution in [0.3, 0.4) is 0 Å². The number of hydrogen-bond acceptors (Lipinski definition) is 7. The molecule has 0 fully saturated rings. The standard InChI is InChI=1S/C29H41N3O3S.C4H10N2O/c1-7-21(4)16-28(34)32(6)26(20(2)3)13-14-27-31-25(19-36-27)29(35)30-24(15-22(5)18-33)17-23-11-9-8-10-12-23;1-6(2)3-4(5)7/h8-12,15,18-21,24,26H,7,13-14,16-17H2,1-6H3,(H,30,35);3H2,1-2H3,(H2,5,7)/b22-15+;. The van der Waals surface area contributed by atoms with Crippen LogP contribution in [0.25, 0.3) is 0 Å². The van der Waals surface area contributed by atoms with Gasteiger partial charge in [-0.3, -0.25) is 19.2 Å². The van der Waals surface area contributed by atoms with Gasteiger partial charge in [0.25, 0.3) is 5.91 Å². The van der Waals surface area contributed by atoms with Gasteiger partial charge in [-0.15, -0.1) is 11.3 Å². The van der Waals surface area contributed by atoms with E-state index in [-0.39, 0.29) is 29.8 Å². The van der Waals surface area contributed by atoms with E-state index in [1.807, 2.05) is 42.3 Å². The zero-order chi connectivity index (χ0) is 32.5. The normalized spacial score (nSPS) is 13.5. The van der Waals surface area contributed by atoms with Gasteiger partial charge in [-0.2, -0.15) is 0 Å². The van der Waals surface area contributed by atoms with Crippen LogP contribution in [-0.4, -0.2) is 78.6 Å². The van der Waals surface area contributed by atoms with E-state index in [2.05, 4.69) is 38.0 Å². The van der Waals surface area contributed by atoms with Gasteiger partial charge in [0.15, 0.2) is 0 Å². The lowest BCUT2D eigenvalue weighted by atomic mass is 9.96. The lowest BCUT2D eigenvalue weighted by molar-refractivity contribution is -0.134. The van der Waals surface area contributed by atoms with Crippen LogP contribution < -0.4 is 11.1 Å². The second kappa shape index (κ2) is 19.7. The number of nitrogens with two attached hydrogens (primary N) is 1. The van der Waals surface area contributed by atoms with Crippen molar-refractivity contribution in [3.63, 3.8) is 0 Å². The summed E-state index contributed by atoms with van der Waals surface area (Å²) in [5, 5.41) is 5.68. The zero-order valence-corrected chi connectivity index (χ0v) is 27.9. The van der Waals surface area contributed by atoms with Crippen molar-refractivity contribution in [1.82, 2.24) is 20.1 Å². The van der Waals surface area contributed by atoms with Crippen LogP contribution in [0, 0.1) is 11.8 Å². The van der Waals surface area contributed by atoms with Crippen LogP contribution in [0.5, 0.6) is 0 Å². The van der Waals surface area contributed by atoms with Gasteiger partial charge >= 0.3 is 0 Å². The van der Waals surface area contributed by atoms with Gasteiger partial charge in [-0.1, -0.05) is 70.5 Å². The molecule has 2 aromatic rings. The second-order valence-corrected chi connectivity index (χ2v) is 12.6. The molecular formula is C33H51N5O4S. The predicted molar refractivity (Wildman–Crippen MR) is 175 cm³/mol. The van der Waals surface area contributed by atoms with E-state index in [0.717, 1.165) is 29.7 Å². The van der Waals surface area contributed by atoms with E-state index >= 15 is 0 Å². The van der Waals surface area contributed by atoms with Gasteiger partial charge < -0.3 is 20.9 Å². The van der Waals surface area contributed by atoms with Crippen molar-refractivity contribution in [2.75, 3.05) is 27.7 Å². The van der Waals surface area contributed by atoms with Crippen molar-refractivity contribution in [3.8, 4) is 0 Å². The minimum Gasteiger partial charge on any atom is -0.369 e. The highest BCUT2D eigenvalue weighted by Crippen LogP contribution is 2.21. The highest BCUT2D eigenvalue weighted by molar-refractivity contribution is 7.09. The number of likely N-dealkylation sites (N-methyl/N-ethyl adjacent to an activating group) is 1. The number of aldehydes is 1. The van der Waals surface area contributed by atoms with Crippen molar-refractivity contribution in [1.29, 1.82) is 0 Å². The van der Waals surface area contributed by atoms with Crippen molar-refractivity contribution >= 4 is 35.3 Å². The third-order valence-corrected chi connectivity index (χ3v) is 7.96. The number of rotatable bonds is 16. The van der Waals surface area contributed by atoms with Gasteiger partial charge in [0.05, 0.1) is 17.6 Å². The maximum absolute atomic E-state index is 13.0. The number of carbonyl (C=O) groups is 4. The first-order valence-corrected chi connectivity index (χ1v) is 15.8. The Bertz CT molecular complexity index is 1180. The summed E-state index contributed by atoms with van der Waals surface area (Å²) in [5.41, 5.74) is 6.84. The van der Waals surface area contributed by atoms with Crippen LogP contribution in [0.2, 0.25) is 0 Å². The largest absolute Gasteiger partial charge is 0.369 e. The topological polar surface area (TPSA) is 126 Å². The molecule has 0 aliphatic rings. The summed E-state index contributed by atoms with van der Waals surface area (Å²) in [4.78, 5) is 55.1. The fraction of sp³-hybridized carbons (Fsp3) is 0.545. The minimum absolute atomic E-state index is 0.120. The average Bonchev–Trinajstić information content (AvgIpc) is 3.42. The molecule has 0 spiro atoms. The monoisotopic (exact) mass is 613 g/mol. The number of benzene rings is 1. The van der Waals surface area contributed by atoms with Crippen LogP contribution >= 0.6 is 11.3 Å². The number of amides is 3. The Labute approximate surface area is 261 Å². The van der Waals surface area contributed by atoms with Crippen molar-refractivity contribution in [3.05, 3.63) is 63.6 Å². The Morgan fingerprint density at radius 1 is 1.09 bits per heavy atom. The smallest absolute Gasteiger partial charge is 0.271 e. The van der Waals surface area contributed by atoms with E-state index in [1.165, 1.54) is 11.3 Å². The fourth-order valence-electron chi connectivity index (χ4n) is 4.48. The summed E-state index contributed by atoms with van der Waals surface area (Å²) in [5.74, 6) is 0.346. The molecule has 0 aliphatic heterocycles. The molecule has 43 heavy (non-hydrogen) atoms. The number of nitrogens with one attached hydrogen (secondary N) is 1. The highest BCUT2D eigenvalue weighted by atomic mass is 32.1. The van der Waals surface area contributed by atoms with Crippen molar-refractivity contribution in [2.45, 2.75) is 78.8 Å². The van der Waals surface area contributed by atoms with E-state index in [9.17, 15) is 19.2 Å². The summed E-state index contributed by atoms with van der Waals surface area (Å²) in [6.07, 6.45) is 6.23. The lowest BCUT2D eigenvalue weighted by Gasteiger charge is -2.32. The Morgan fingerprint density at radius 3 is 2.26 bits per heavy atom. The maximum Gasteiger partial charge on any atom is 0.271 e. The summed E-state index contributed by atoms with van der Waals surface area (Å²) < 4.78 is 0. The molecule has 1 aromatic heterocycles. The number of hydrogen-bond donors (Lipinski definition) is 2. The minimum atomic E-state index is -0.314. The molecule has 3 amide bonds. The molecular weight excluding hydrogens is 562 g/mol. The molecule has 0 saturated carbocycles. The average molecular weight is 614 g/mol. The van der Waals surface area contributed by atoms with Gasteiger partial charge in [-0.05, 0) is 56.8 Å². The van der Waals surface area contributed by atoms with Crippen LogP contribution in [0.1, 0.15) is 74.9 Å². The molecule has 238 valence electrons. The maximum atomic E-state index is 13.0. The summed E-state index contributed by atoms with van der Waals surface area (Å²) >= 11 is 1.47. The summed E-state index contributed by atoms with van der Waals surface area (Å²) in [7, 11) is 5.49. The van der Waals surface area contributed by atoms with E-state index in [1.54, 1.807) is 37.4 Å². The summed E-state index contributed by atoms with van der Waals surface area (Å²) in [6.45, 7) is 10.6. The third kappa shape index (κ3) is 15.1. The number of aryl methyl sites for hydroxylation is 1. The van der Waals surface area contributed by atoms with Crippen molar-refractivity contribution in [2.24, 2.45) is 17.6 Å². The molecule has 1 aromatic carbocycles. The molecule has 2 rings (SSSR count). The van der Waals surface area contributed by atoms with E-state index < -0.39 is 0 Å². The van der Waals surface area contributed by atoms with Gasteiger partial charge in [0, 0.05) is 31.3 Å². The van der Waals surface area contributed by atoms with Crippen LogP contribution in [0.15, 0.2) is 47.4 Å². The Kier molecular flexibility index (Phi) is 17.3. The summed E-state index contributed by atoms with van der Waals surface area (Å²) in [6, 6.07) is 9.66. The molecule has 0 aliphatic carbocycles. The SMILES string of the molecule is CCC(C)CC(=O)N(C)C(CCc1nc(C(=O)NC(/C=C(\C)C=O)Cc2ccccc2)cs1)C(C)C.CN(C)CC(N)=O. The Morgan fingerprint density at radius 2 is 1.74 bits per heavy atom. The van der Waals surface area contributed by atoms with E-state index in [4.69, 9.17) is 5.73 Å². The molecule has 0 saturated heterocycles. The number of carbonyl (C=O) groups excluding carboxylic acids is 4. The molecule has 0 radical (unpaired) electrons. The quantitative estimate of drug-likeness (QED) is 0.212. The lowest BCUT2D eigenvalue weighted by Crippen LogP contribution is -2.41. The Balaban J connectivity index is 0.00000117.